The first-order valence-electron chi connectivity index (χ1n) is 10.3. The van der Waals surface area contributed by atoms with Gasteiger partial charge < -0.3 is 34.6 Å². The van der Waals surface area contributed by atoms with Crippen LogP contribution in [0.4, 0.5) is 0 Å². The van der Waals surface area contributed by atoms with E-state index in [9.17, 15) is 25.2 Å². The van der Waals surface area contributed by atoms with E-state index in [0.29, 0.717) is 6.42 Å². The van der Waals surface area contributed by atoms with Gasteiger partial charge in [0.2, 0.25) is 0 Å². The minimum Gasteiger partial charge on any atom is -0.458 e. The predicted molar refractivity (Wildman–Crippen MR) is 103 cm³/mol. The Morgan fingerprint density at radius 2 is 1.93 bits per heavy atom. The molecule has 0 radical (unpaired) electrons. The van der Waals surface area contributed by atoms with Gasteiger partial charge in [0, 0.05) is 5.92 Å². The van der Waals surface area contributed by atoms with E-state index in [0.717, 1.165) is 24.8 Å². The predicted octanol–water partition coefficient (Wildman–Crippen LogP) is 0.427. The molecule has 8 nitrogen and oxygen atoms in total. The lowest BCUT2D eigenvalue weighted by molar-refractivity contribution is -0.299. The number of carbonyl (C=O) groups is 1. The molecule has 2 heterocycles. The lowest BCUT2D eigenvalue weighted by Crippen LogP contribution is -2.59. The molecule has 8 atom stereocenters. The molecule has 2 fully saturated rings. The van der Waals surface area contributed by atoms with Gasteiger partial charge in [0.25, 0.3) is 0 Å². The van der Waals surface area contributed by atoms with Crippen LogP contribution in [0.25, 0.3) is 0 Å². The van der Waals surface area contributed by atoms with Crippen molar-refractivity contribution in [3.63, 3.8) is 0 Å². The molecule has 2 aliphatic heterocycles. The van der Waals surface area contributed by atoms with Gasteiger partial charge in [-0.05, 0) is 44.3 Å². The van der Waals surface area contributed by atoms with Crippen LogP contribution in [0.15, 0.2) is 23.3 Å². The smallest absolute Gasteiger partial charge is 0.309 e. The van der Waals surface area contributed by atoms with Gasteiger partial charge in [-0.1, -0.05) is 18.6 Å². The number of rotatable bonds is 4. The highest BCUT2D eigenvalue weighted by Crippen LogP contribution is 2.35. The van der Waals surface area contributed by atoms with Crippen LogP contribution in [0, 0.1) is 11.8 Å². The number of aliphatic hydroxyl groups is 4. The summed E-state index contributed by atoms with van der Waals surface area (Å²) in [6.07, 6.45) is 0.702. The van der Waals surface area contributed by atoms with Crippen LogP contribution in [0.3, 0.4) is 0 Å². The minimum absolute atomic E-state index is 0.103. The second-order valence-electron chi connectivity index (χ2n) is 8.32. The van der Waals surface area contributed by atoms with Crippen LogP contribution >= 0.6 is 0 Å². The lowest BCUT2D eigenvalue weighted by atomic mass is 9.84. The molecule has 1 aliphatic carbocycles. The fraction of sp³-hybridized carbons (Fsp3) is 0.762. The van der Waals surface area contributed by atoms with Crippen molar-refractivity contribution in [1.29, 1.82) is 0 Å². The molecule has 4 N–H and O–H groups in total. The second kappa shape index (κ2) is 9.68. The molecule has 0 aromatic carbocycles. The summed E-state index contributed by atoms with van der Waals surface area (Å²) in [5, 5.41) is 39.2. The monoisotopic (exact) mass is 412 g/mol. The Morgan fingerprint density at radius 1 is 1.17 bits per heavy atom. The van der Waals surface area contributed by atoms with Gasteiger partial charge in [-0.25, -0.2) is 0 Å². The van der Waals surface area contributed by atoms with Gasteiger partial charge in [-0.3, -0.25) is 4.79 Å². The molecule has 0 bridgehead atoms. The molecule has 29 heavy (non-hydrogen) atoms. The van der Waals surface area contributed by atoms with E-state index in [1.54, 1.807) is 0 Å². The van der Waals surface area contributed by atoms with E-state index >= 15 is 0 Å². The number of ether oxygens (including phenoxy) is 3. The van der Waals surface area contributed by atoms with Crippen molar-refractivity contribution < 1.29 is 39.4 Å². The van der Waals surface area contributed by atoms with Gasteiger partial charge >= 0.3 is 5.97 Å². The molecule has 0 aromatic heterocycles. The van der Waals surface area contributed by atoms with Crippen molar-refractivity contribution in [1.82, 2.24) is 0 Å². The Morgan fingerprint density at radius 3 is 2.66 bits per heavy atom. The fourth-order valence-corrected chi connectivity index (χ4v) is 4.21. The normalized spacial score (nSPS) is 41.2. The zero-order valence-electron chi connectivity index (χ0n) is 16.9. The fourth-order valence-electron chi connectivity index (χ4n) is 4.21. The van der Waals surface area contributed by atoms with Crippen LogP contribution in [-0.4, -0.2) is 76.4 Å². The van der Waals surface area contributed by atoms with Gasteiger partial charge in [-0.15, -0.1) is 0 Å². The molecule has 8 unspecified atom stereocenters. The first kappa shape index (κ1) is 22.4. The summed E-state index contributed by atoms with van der Waals surface area (Å²) in [6.45, 7) is 3.63. The number of hydrogen-bond donors (Lipinski definition) is 4. The molecule has 8 heteroatoms. The number of allylic oxidation sites excluding steroid dienone is 2. The van der Waals surface area contributed by atoms with Gasteiger partial charge in [0.05, 0.1) is 19.1 Å². The van der Waals surface area contributed by atoms with E-state index in [4.69, 9.17) is 14.2 Å². The Hall–Kier alpha value is -1.29. The summed E-state index contributed by atoms with van der Waals surface area (Å²) in [5.74, 6) is -0.214. The summed E-state index contributed by atoms with van der Waals surface area (Å²) in [7, 11) is 0. The largest absolute Gasteiger partial charge is 0.458 e. The van der Waals surface area contributed by atoms with Crippen LogP contribution in [0.5, 0.6) is 0 Å². The number of aliphatic hydroxyl groups excluding tert-OH is 4. The minimum atomic E-state index is -1.46. The van der Waals surface area contributed by atoms with Crippen molar-refractivity contribution in [2.45, 2.75) is 76.3 Å². The number of hydrogen-bond acceptors (Lipinski definition) is 8. The average molecular weight is 412 g/mol. The molecule has 0 spiro atoms. The van der Waals surface area contributed by atoms with Crippen LogP contribution in [0.2, 0.25) is 0 Å². The van der Waals surface area contributed by atoms with Crippen molar-refractivity contribution >= 4 is 5.97 Å². The first-order valence-corrected chi connectivity index (χ1v) is 10.3. The van der Waals surface area contributed by atoms with E-state index in [1.165, 1.54) is 5.57 Å². The van der Waals surface area contributed by atoms with Crippen molar-refractivity contribution in [3.05, 3.63) is 23.3 Å². The third-order valence-corrected chi connectivity index (χ3v) is 6.19. The Labute approximate surface area is 170 Å². The zero-order chi connectivity index (χ0) is 21.1. The highest BCUT2D eigenvalue weighted by Gasteiger charge is 2.44. The lowest BCUT2D eigenvalue weighted by Gasteiger charge is -2.39. The first-order chi connectivity index (χ1) is 13.8. The molecule has 0 amide bonds. The summed E-state index contributed by atoms with van der Waals surface area (Å²) in [6, 6.07) is 0. The topological polar surface area (TPSA) is 126 Å². The molecular weight excluding hydrogens is 380 g/mol. The molecule has 2 saturated heterocycles. The van der Waals surface area contributed by atoms with E-state index in [1.807, 2.05) is 13.8 Å². The van der Waals surface area contributed by atoms with Gasteiger partial charge in [-0.2, -0.15) is 0 Å². The third kappa shape index (κ3) is 5.07. The SMILES string of the molecule is CC1=CC2OC(=O)C(C)C2CCC(COC2OC(CO)C(O)C(O)C2O)=CCC1. The zero-order valence-corrected chi connectivity index (χ0v) is 16.9. The molecule has 3 rings (SSSR count). The summed E-state index contributed by atoms with van der Waals surface area (Å²) < 4.78 is 16.6. The molecule has 0 saturated carbocycles. The number of carbonyl (C=O) groups excluding carboxylic acids is 1. The molecule has 0 aromatic rings. The van der Waals surface area contributed by atoms with Crippen molar-refractivity contribution in [2.24, 2.45) is 11.8 Å². The summed E-state index contributed by atoms with van der Waals surface area (Å²) in [4.78, 5) is 12.0. The summed E-state index contributed by atoms with van der Waals surface area (Å²) >= 11 is 0. The summed E-state index contributed by atoms with van der Waals surface area (Å²) in [5.41, 5.74) is 2.19. The van der Waals surface area contributed by atoms with Crippen LogP contribution < -0.4 is 0 Å². The molecule has 164 valence electrons. The Bertz CT molecular complexity index is 643. The van der Waals surface area contributed by atoms with E-state index in [-0.39, 0.29) is 30.5 Å². The Balaban J connectivity index is 1.64. The van der Waals surface area contributed by atoms with Crippen molar-refractivity contribution in [2.75, 3.05) is 13.2 Å². The van der Waals surface area contributed by atoms with E-state index < -0.39 is 37.3 Å². The van der Waals surface area contributed by atoms with Crippen LogP contribution in [-0.2, 0) is 19.0 Å². The van der Waals surface area contributed by atoms with E-state index in [2.05, 4.69) is 12.2 Å². The van der Waals surface area contributed by atoms with Crippen molar-refractivity contribution in [3.8, 4) is 0 Å². The van der Waals surface area contributed by atoms with Crippen LogP contribution in [0.1, 0.15) is 39.5 Å². The highest BCUT2D eigenvalue weighted by molar-refractivity contribution is 5.75. The number of fused-ring (bicyclic) bond motifs is 1. The molecular formula is C21H32O8. The van der Waals surface area contributed by atoms with Gasteiger partial charge in [0.15, 0.2) is 6.29 Å². The standard InChI is InChI=1S/C21H32O8/c1-11-4-3-5-13(6-7-14-12(2)20(26)28-15(14)8-11)10-27-21-19(25)18(24)17(23)16(9-22)29-21/h5,8,12,14-19,21-25H,3-4,6-7,9-10H2,1-2H3. The maximum atomic E-state index is 12.0. The maximum absolute atomic E-state index is 12.0. The number of esters is 1. The highest BCUT2D eigenvalue weighted by atomic mass is 16.7. The Kier molecular flexibility index (Phi) is 7.47. The molecule has 3 aliphatic rings. The maximum Gasteiger partial charge on any atom is 0.309 e. The second-order valence-corrected chi connectivity index (χ2v) is 8.32. The van der Waals surface area contributed by atoms with Gasteiger partial charge in [0.1, 0.15) is 30.5 Å². The quantitative estimate of drug-likeness (QED) is 0.387. The third-order valence-electron chi connectivity index (χ3n) is 6.19. The average Bonchev–Trinajstić information content (AvgIpc) is 2.96.